The lowest BCUT2D eigenvalue weighted by Crippen LogP contribution is -2.25. The van der Waals surface area contributed by atoms with Gasteiger partial charge in [-0.1, -0.05) is 39.8 Å². The van der Waals surface area contributed by atoms with Crippen molar-refractivity contribution in [3.63, 3.8) is 0 Å². The number of hydrogen-bond donors (Lipinski definition) is 1. The number of oxazole rings is 1. The average Bonchev–Trinajstić information content (AvgIpc) is 2.98. The van der Waals surface area contributed by atoms with Gasteiger partial charge in [-0.25, -0.2) is 4.98 Å². The molecule has 2 heterocycles. The molecule has 0 aliphatic carbocycles. The van der Waals surface area contributed by atoms with Crippen molar-refractivity contribution in [1.29, 1.82) is 0 Å². The lowest BCUT2D eigenvalue weighted by Gasteiger charge is -2.17. The van der Waals surface area contributed by atoms with E-state index in [1.165, 1.54) is 0 Å². The topological polar surface area (TPSA) is 77.0 Å². The molecule has 2 rings (SSSR count). The van der Waals surface area contributed by atoms with Crippen LogP contribution in [0.4, 0.5) is 0 Å². The van der Waals surface area contributed by atoms with Gasteiger partial charge in [0.05, 0.1) is 18.8 Å². The van der Waals surface area contributed by atoms with E-state index in [2.05, 4.69) is 55.1 Å². The predicted octanol–water partition coefficient (Wildman–Crippen LogP) is 3.15. The molecule has 0 aliphatic heterocycles. The highest BCUT2D eigenvalue weighted by atomic mass is 16.5. The Balaban J connectivity index is 2.04. The molecule has 0 amide bonds. The molecule has 0 bridgehead atoms. The molecule has 0 saturated heterocycles. The van der Waals surface area contributed by atoms with Gasteiger partial charge in [0.15, 0.2) is 5.82 Å². The van der Waals surface area contributed by atoms with E-state index in [1.54, 1.807) is 6.20 Å². The van der Waals surface area contributed by atoms with Crippen LogP contribution in [0.25, 0.3) is 0 Å². The van der Waals surface area contributed by atoms with E-state index in [0.29, 0.717) is 30.1 Å². The van der Waals surface area contributed by atoms with Gasteiger partial charge in [0, 0.05) is 5.41 Å². The van der Waals surface area contributed by atoms with Gasteiger partial charge in [-0.2, -0.15) is 4.98 Å². The van der Waals surface area contributed by atoms with Gasteiger partial charge in [-0.3, -0.25) is 5.32 Å². The van der Waals surface area contributed by atoms with E-state index in [1.807, 2.05) is 6.92 Å². The average molecular weight is 292 g/mol. The van der Waals surface area contributed by atoms with Crippen molar-refractivity contribution >= 4 is 0 Å². The number of aromatic nitrogens is 3. The van der Waals surface area contributed by atoms with Crippen LogP contribution >= 0.6 is 0 Å². The molecule has 116 valence electrons. The molecule has 6 nitrogen and oxygen atoms in total. The molecular weight excluding hydrogens is 268 g/mol. The van der Waals surface area contributed by atoms with Crippen molar-refractivity contribution in [2.24, 2.45) is 5.92 Å². The summed E-state index contributed by atoms with van der Waals surface area (Å²) in [6.45, 7) is 12.9. The number of aryl methyl sites for hydroxylation is 1. The normalized spacial score (nSPS) is 13.9. The summed E-state index contributed by atoms with van der Waals surface area (Å²) >= 11 is 0. The Hall–Kier alpha value is -1.69. The van der Waals surface area contributed by atoms with Crippen LogP contribution in [0.15, 0.2) is 15.1 Å². The van der Waals surface area contributed by atoms with E-state index in [0.717, 1.165) is 5.76 Å². The highest BCUT2D eigenvalue weighted by molar-refractivity contribution is 5.06. The van der Waals surface area contributed by atoms with Crippen LogP contribution in [0, 0.1) is 12.8 Å². The standard InChI is InChI=1S/C15H24N4O2/c1-9(2)13(14-18-10(3)19-21-14)17-8-12-16-7-11(20-12)15(4,5)6/h7,9,13,17H,8H2,1-6H3. The third kappa shape index (κ3) is 3.91. The van der Waals surface area contributed by atoms with Gasteiger partial charge in [-0.05, 0) is 12.8 Å². The number of rotatable bonds is 5. The predicted molar refractivity (Wildman–Crippen MR) is 78.7 cm³/mol. The number of hydrogen-bond acceptors (Lipinski definition) is 6. The summed E-state index contributed by atoms with van der Waals surface area (Å²) in [6.07, 6.45) is 1.79. The summed E-state index contributed by atoms with van der Waals surface area (Å²) in [4.78, 5) is 8.61. The van der Waals surface area contributed by atoms with Crippen LogP contribution < -0.4 is 5.32 Å². The Morgan fingerprint density at radius 1 is 1.29 bits per heavy atom. The van der Waals surface area contributed by atoms with Gasteiger partial charge in [0.1, 0.15) is 5.76 Å². The highest BCUT2D eigenvalue weighted by Crippen LogP contribution is 2.24. The van der Waals surface area contributed by atoms with Crippen LogP contribution in [0.1, 0.15) is 64.0 Å². The summed E-state index contributed by atoms with van der Waals surface area (Å²) < 4.78 is 11.0. The van der Waals surface area contributed by atoms with Crippen molar-refractivity contribution in [2.75, 3.05) is 0 Å². The SMILES string of the molecule is Cc1noc(C(NCc2ncc(C(C)(C)C)o2)C(C)C)n1. The van der Waals surface area contributed by atoms with E-state index in [9.17, 15) is 0 Å². The summed E-state index contributed by atoms with van der Waals surface area (Å²) in [6, 6.07) is -0.0174. The summed E-state index contributed by atoms with van der Waals surface area (Å²) in [5.41, 5.74) is -0.0354. The molecule has 1 N–H and O–H groups in total. The zero-order valence-electron chi connectivity index (χ0n) is 13.6. The quantitative estimate of drug-likeness (QED) is 0.912. The third-order valence-electron chi connectivity index (χ3n) is 3.24. The fourth-order valence-corrected chi connectivity index (χ4v) is 1.98. The minimum absolute atomic E-state index is 0.0174. The first kappa shape index (κ1) is 15.7. The lowest BCUT2D eigenvalue weighted by atomic mass is 9.94. The van der Waals surface area contributed by atoms with Gasteiger partial charge in [0.2, 0.25) is 11.8 Å². The van der Waals surface area contributed by atoms with Crippen LogP contribution in [0.3, 0.4) is 0 Å². The Kier molecular flexibility index (Phi) is 4.46. The van der Waals surface area contributed by atoms with Crippen LogP contribution in [-0.2, 0) is 12.0 Å². The molecule has 1 unspecified atom stereocenters. The first-order chi connectivity index (χ1) is 9.77. The maximum absolute atomic E-state index is 5.78. The molecule has 6 heteroatoms. The van der Waals surface area contributed by atoms with Crippen molar-refractivity contribution in [1.82, 2.24) is 20.4 Å². The Morgan fingerprint density at radius 2 is 2.00 bits per heavy atom. The van der Waals surface area contributed by atoms with Crippen molar-refractivity contribution in [2.45, 2.75) is 59.5 Å². The van der Waals surface area contributed by atoms with Gasteiger partial charge >= 0.3 is 0 Å². The fraction of sp³-hybridized carbons (Fsp3) is 0.667. The molecule has 1 atom stereocenters. The molecule has 0 aliphatic rings. The van der Waals surface area contributed by atoms with Gasteiger partial charge < -0.3 is 8.94 Å². The second kappa shape index (κ2) is 5.97. The minimum atomic E-state index is -0.0354. The second-order valence-corrected chi connectivity index (χ2v) is 6.65. The van der Waals surface area contributed by atoms with Crippen molar-refractivity contribution in [3.8, 4) is 0 Å². The smallest absolute Gasteiger partial charge is 0.244 e. The monoisotopic (exact) mass is 292 g/mol. The third-order valence-corrected chi connectivity index (χ3v) is 3.24. The number of nitrogens with one attached hydrogen (secondary N) is 1. The largest absolute Gasteiger partial charge is 0.444 e. The first-order valence-corrected chi connectivity index (χ1v) is 7.26. The molecule has 0 saturated carbocycles. The molecule has 0 aromatic carbocycles. The maximum atomic E-state index is 5.78. The zero-order valence-corrected chi connectivity index (χ0v) is 13.6. The molecule has 21 heavy (non-hydrogen) atoms. The molecule has 0 radical (unpaired) electrons. The van der Waals surface area contributed by atoms with Gasteiger partial charge in [-0.15, -0.1) is 0 Å². The van der Waals surface area contributed by atoms with E-state index in [4.69, 9.17) is 8.94 Å². The molecule has 2 aromatic rings. The maximum Gasteiger partial charge on any atom is 0.244 e. The van der Waals surface area contributed by atoms with Crippen LogP contribution in [0.2, 0.25) is 0 Å². The highest BCUT2D eigenvalue weighted by Gasteiger charge is 2.23. The molecule has 0 fully saturated rings. The van der Waals surface area contributed by atoms with Crippen LogP contribution in [-0.4, -0.2) is 15.1 Å². The van der Waals surface area contributed by atoms with Crippen molar-refractivity contribution in [3.05, 3.63) is 29.6 Å². The minimum Gasteiger partial charge on any atom is -0.444 e. The summed E-state index contributed by atoms with van der Waals surface area (Å²) in [5.74, 6) is 3.12. The molecule has 0 spiro atoms. The number of nitrogens with zero attached hydrogens (tertiary/aromatic N) is 3. The summed E-state index contributed by atoms with van der Waals surface area (Å²) in [7, 11) is 0. The van der Waals surface area contributed by atoms with E-state index < -0.39 is 0 Å². The Labute approximate surface area is 125 Å². The molecular formula is C15H24N4O2. The Morgan fingerprint density at radius 3 is 2.48 bits per heavy atom. The molecule has 2 aromatic heterocycles. The fourth-order valence-electron chi connectivity index (χ4n) is 1.98. The summed E-state index contributed by atoms with van der Waals surface area (Å²) in [5, 5.41) is 7.22. The van der Waals surface area contributed by atoms with E-state index in [-0.39, 0.29) is 11.5 Å². The lowest BCUT2D eigenvalue weighted by molar-refractivity contribution is 0.277. The van der Waals surface area contributed by atoms with Crippen LogP contribution in [0.5, 0.6) is 0 Å². The second-order valence-electron chi connectivity index (χ2n) is 6.65. The zero-order chi connectivity index (χ0) is 15.6. The first-order valence-electron chi connectivity index (χ1n) is 7.26. The van der Waals surface area contributed by atoms with Gasteiger partial charge in [0.25, 0.3) is 0 Å². The Bertz CT molecular complexity index is 581. The van der Waals surface area contributed by atoms with Crippen molar-refractivity contribution < 1.29 is 8.94 Å². The van der Waals surface area contributed by atoms with E-state index >= 15 is 0 Å².